The molecule has 0 spiro atoms. The van der Waals surface area contributed by atoms with E-state index in [-0.39, 0.29) is 0 Å². The smallest absolute Gasteiger partial charge is 0.416 e. The lowest BCUT2D eigenvalue weighted by Gasteiger charge is -2.12. The Morgan fingerprint density at radius 3 is 2.10 bits per heavy atom. The van der Waals surface area contributed by atoms with Gasteiger partial charge in [-0.2, -0.15) is 13.2 Å². The first-order valence-electron chi connectivity index (χ1n) is 9.94. The van der Waals surface area contributed by atoms with Crippen LogP contribution in [0.1, 0.15) is 30.1 Å². The van der Waals surface area contributed by atoms with E-state index in [9.17, 15) is 13.2 Å². The van der Waals surface area contributed by atoms with Gasteiger partial charge in [-0.15, -0.1) is 0 Å². The first-order chi connectivity index (χ1) is 15.0. The molecule has 31 heavy (non-hydrogen) atoms. The lowest BCUT2D eigenvalue weighted by Crippen LogP contribution is -2.04. The van der Waals surface area contributed by atoms with E-state index in [1.807, 2.05) is 36.4 Å². The van der Waals surface area contributed by atoms with Crippen molar-refractivity contribution in [1.82, 2.24) is 9.97 Å². The van der Waals surface area contributed by atoms with Crippen molar-refractivity contribution >= 4 is 22.4 Å². The minimum absolute atomic E-state index is 0.338. The molecule has 1 aromatic heterocycles. The zero-order valence-electron chi connectivity index (χ0n) is 16.4. The summed E-state index contributed by atoms with van der Waals surface area (Å²) in [5.41, 5.74) is 1.02. The molecule has 1 heterocycles. The molecule has 3 aromatic carbocycles. The number of nitrogens with zero attached hydrogens (tertiary/aromatic N) is 2. The third-order valence-electron chi connectivity index (χ3n) is 5.10. The van der Waals surface area contributed by atoms with Crippen molar-refractivity contribution in [3.05, 3.63) is 84.2 Å². The number of nitrogens with one attached hydrogen (secondary N) is 1. The molecule has 1 fully saturated rings. The molecule has 0 radical (unpaired) electrons. The van der Waals surface area contributed by atoms with Gasteiger partial charge in [0.2, 0.25) is 0 Å². The normalized spacial score (nSPS) is 13.9. The second-order valence-electron chi connectivity index (χ2n) is 7.50. The average molecular weight is 421 g/mol. The summed E-state index contributed by atoms with van der Waals surface area (Å²) in [6.45, 7) is 0. The Kier molecular flexibility index (Phi) is 4.73. The number of anilines is 2. The number of hydrogen-bond acceptors (Lipinski definition) is 4. The molecule has 1 aliphatic carbocycles. The molecule has 5 rings (SSSR count). The van der Waals surface area contributed by atoms with Crippen LogP contribution in [0.2, 0.25) is 0 Å². The average Bonchev–Trinajstić information content (AvgIpc) is 3.60. The summed E-state index contributed by atoms with van der Waals surface area (Å²) in [5, 5.41) is 4.30. The highest BCUT2D eigenvalue weighted by Crippen LogP contribution is 2.39. The molecule has 1 aliphatic rings. The van der Waals surface area contributed by atoms with Gasteiger partial charge in [0, 0.05) is 17.0 Å². The van der Waals surface area contributed by atoms with Crippen LogP contribution >= 0.6 is 0 Å². The topological polar surface area (TPSA) is 47.0 Å². The lowest BCUT2D eigenvalue weighted by molar-refractivity contribution is -0.137. The fourth-order valence-corrected chi connectivity index (χ4v) is 3.31. The highest BCUT2D eigenvalue weighted by molar-refractivity contribution is 5.90. The molecule has 156 valence electrons. The number of aromatic nitrogens is 2. The summed E-state index contributed by atoms with van der Waals surface area (Å²) in [6.07, 6.45) is -2.13. The first kappa shape index (κ1) is 19.4. The van der Waals surface area contributed by atoms with Crippen molar-refractivity contribution in [2.75, 3.05) is 5.32 Å². The Morgan fingerprint density at radius 1 is 0.806 bits per heavy atom. The van der Waals surface area contributed by atoms with E-state index in [1.54, 1.807) is 12.1 Å². The third kappa shape index (κ3) is 4.30. The second-order valence-corrected chi connectivity index (χ2v) is 7.50. The van der Waals surface area contributed by atoms with Crippen LogP contribution in [0.3, 0.4) is 0 Å². The molecule has 0 unspecified atom stereocenters. The van der Waals surface area contributed by atoms with Crippen LogP contribution in [0.5, 0.6) is 11.5 Å². The minimum Gasteiger partial charge on any atom is -0.457 e. The SMILES string of the molecule is FC(F)(F)c1ccc(Oc2ccc(Nc3nc(C4CC4)nc4ccccc34)cc2)cc1. The minimum atomic E-state index is -4.36. The predicted molar refractivity (Wildman–Crippen MR) is 113 cm³/mol. The highest BCUT2D eigenvalue weighted by Gasteiger charge is 2.30. The van der Waals surface area contributed by atoms with Crippen molar-refractivity contribution in [1.29, 1.82) is 0 Å². The Labute approximate surface area is 176 Å². The van der Waals surface area contributed by atoms with Crippen molar-refractivity contribution in [3.63, 3.8) is 0 Å². The van der Waals surface area contributed by atoms with Gasteiger partial charge >= 0.3 is 6.18 Å². The summed E-state index contributed by atoms with van der Waals surface area (Å²) in [7, 11) is 0. The monoisotopic (exact) mass is 421 g/mol. The fourth-order valence-electron chi connectivity index (χ4n) is 3.31. The molecule has 0 saturated heterocycles. The predicted octanol–water partition coefficient (Wildman–Crippen LogP) is 7.06. The van der Waals surface area contributed by atoms with Crippen molar-refractivity contribution in [2.24, 2.45) is 0 Å². The van der Waals surface area contributed by atoms with Crippen LogP contribution in [0.4, 0.5) is 24.7 Å². The zero-order valence-corrected chi connectivity index (χ0v) is 16.4. The Balaban J connectivity index is 1.34. The number of hydrogen-bond donors (Lipinski definition) is 1. The molecule has 4 aromatic rings. The molecule has 1 N–H and O–H groups in total. The number of rotatable bonds is 5. The number of para-hydroxylation sites is 1. The van der Waals surface area contributed by atoms with Gasteiger partial charge in [0.25, 0.3) is 0 Å². The van der Waals surface area contributed by atoms with E-state index in [2.05, 4.69) is 10.3 Å². The standard InChI is InChI=1S/C24H18F3N3O/c25-24(26,27)16-7-11-18(12-8-16)31-19-13-9-17(10-14-19)28-23-20-3-1-2-4-21(20)29-22(30-23)15-5-6-15/h1-4,7-15H,5-6H2,(H,28,29,30). The van der Waals surface area contributed by atoms with Crippen LogP contribution in [0.25, 0.3) is 10.9 Å². The molecular formula is C24H18F3N3O. The van der Waals surface area contributed by atoms with Gasteiger partial charge in [-0.3, -0.25) is 0 Å². The van der Waals surface area contributed by atoms with Crippen molar-refractivity contribution < 1.29 is 17.9 Å². The van der Waals surface area contributed by atoms with Crippen LogP contribution in [0, 0.1) is 0 Å². The largest absolute Gasteiger partial charge is 0.457 e. The second kappa shape index (κ2) is 7.58. The van der Waals surface area contributed by atoms with Crippen molar-refractivity contribution in [2.45, 2.75) is 24.9 Å². The number of alkyl halides is 3. The Morgan fingerprint density at radius 2 is 1.45 bits per heavy atom. The Hall–Kier alpha value is -3.61. The summed E-state index contributed by atoms with van der Waals surface area (Å²) < 4.78 is 43.7. The summed E-state index contributed by atoms with van der Waals surface area (Å²) >= 11 is 0. The molecule has 0 amide bonds. The molecule has 0 atom stereocenters. The van der Waals surface area contributed by atoms with Gasteiger partial charge in [-0.1, -0.05) is 12.1 Å². The molecule has 4 nitrogen and oxygen atoms in total. The van der Waals surface area contributed by atoms with Crippen LogP contribution in [-0.4, -0.2) is 9.97 Å². The number of fused-ring (bicyclic) bond motifs is 1. The van der Waals surface area contributed by atoms with Gasteiger partial charge in [-0.25, -0.2) is 9.97 Å². The first-order valence-corrected chi connectivity index (χ1v) is 9.94. The molecule has 0 aliphatic heterocycles. The summed E-state index contributed by atoms with van der Waals surface area (Å²) in [6, 6.07) is 19.7. The van der Waals surface area contributed by atoms with Crippen LogP contribution < -0.4 is 10.1 Å². The maximum Gasteiger partial charge on any atom is 0.416 e. The molecular weight excluding hydrogens is 403 g/mol. The number of ether oxygens (including phenoxy) is 1. The van der Waals surface area contributed by atoms with Gasteiger partial charge in [0.15, 0.2) is 0 Å². The van der Waals surface area contributed by atoms with E-state index >= 15 is 0 Å². The maximum atomic E-state index is 12.7. The van der Waals surface area contributed by atoms with E-state index in [0.29, 0.717) is 17.4 Å². The van der Waals surface area contributed by atoms with Gasteiger partial charge in [-0.05, 0) is 73.5 Å². The molecule has 7 heteroatoms. The van der Waals surface area contributed by atoms with E-state index in [0.717, 1.165) is 53.2 Å². The van der Waals surface area contributed by atoms with Crippen molar-refractivity contribution in [3.8, 4) is 11.5 Å². The van der Waals surface area contributed by atoms with Gasteiger partial charge < -0.3 is 10.1 Å². The third-order valence-corrected chi connectivity index (χ3v) is 5.10. The van der Waals surface area contributed by atoms with E-state index < -0.39 is 11.7 Å². The van der Waals surface area contributed by atoms with Gasteiger partial charge in [0.05, 0.1) is 11.1 Å². The lowest BCUT2D eigenvalue weighted by atomic mass is 10.2. The quantitative estimate of drug-likeness (QED) is 0.375. The zero-order chi connectivity index (χ0) is 21.4. The van der Waals surface area contributed by atoms with Crippen LogP contribution in [0.15, 0.2) is 72.8 Å². The highest BCUT2D eigenvalue weighted by atomic mass is 19.4. The fraction of sp³-hybridized carbons (Fsp3) is 0.167. The Bertz CT molecular complexity index is 1220. The van der Waals surface area contributed by atoms with Crippen LogP contribution in [-0.2, 0) is 6.18 Å². The summed E-state index contributed by atoms with van der Waals surface area (Å²) in [4.78, 5) is 9.41. The molecule has 1 saturated carbocycles. The number of halogens is 3. The summed E-state index contributed by atoms with van der Waals surface area (Å²) in [5.74, 6) is 2.91. The van der Waals surface area contributed by atoms with E-state index in [4.69, 9.17) is 9.72 Å². The number of benzene rings is 3. The maximum absolute atomic E-state index is 12.7. The molecule has 0 bridgehead atoms. The van der Waals surface area contributed by atoms with E-state index in [1.165, 1.54) is 12.1 Å². The van der Waals surface area contributed by atoms with Gasteiger partial charge in [0.1, 0.15) is 23.1 Å².